The van der Waals surface area contributed by atoms with E-state index in [1.54, 1.807) is 23.0 Å². The monoisotopic (exact) mass is 516 g/mol. The van der Waals surface area contributed by atoms with Gasteiger partial charge in [-0.3, -0.25) is 14.2 Å². The van der Waals surface area contributed by atoms with Crippen LogP contribution in [0.2, 0.25) is 0 Å². The number of aromatic amines is 1. The smallest absolute Gasteiger partial charge is 0.265 e. The molecule has 0 bridgehead atoms. The SMILES string of the molecule is CCCC1CC=C(c2cc3c(-c4cccc(-n5cnc6ccccc6c5=O)c4C)ccc(C(N)=O)c3[nH]2)CC1. The first-order valence-electron chi connectivity index (χ1n) is 13.7. The van der Waals surface area contributed by atoms with E-state index in [0.717, 1.165) is 57.7 Å². The number of fused-ring (bicyclic) bond motifs is 2. The number of allylic oxidation sites excluding steroid dienone is 2. The molecule has 6 rings (SSSR count). The maximum absolute atomic E-state index is 13.4. The number of nitrogens with two attached hydrogens (primary N) is 1. The number of primary amides is 1. The Morgan fingerprint density at radius 3 is 2.69 bits per heavy atom. The van der Waals surface area contributed by atoms with Gasteiger partial charge in [-0.25, -0.2) is 4.98 Å². The average molecular weight is 517 g/mol. The lowest BCUT2D eigenvalue weighted by Gasteiger charge is -2.20. The van der Waals surface area contributed by atoms with Crippen LogP contribution in [-0.2, 0) is 0 Å². The molecule has 0 radical (unpaired) electrons. The maximum Gasteiger partial charge on any atom is 0.265 e. The Kier molecular flexibility index (Phi) is 6.39. The number of hydrogen-bond donors (Lipinski definition) is 2. The summed E-state index contributed by atoms with van der Waals surface area (Å²) in [7, 11) is 0. The van der Waals surface area contributed by atoms with Crippen LogP contribution in [0, 0.1) is 12.8 Å². The van der Waals surface area contributed by atoms with E-state index in [0.29, 0.717) is 16.5 Å². The third-order valence-electron chi connectivity index (χ3n) is 8.14. The number of carbonyl (C=O) groups is 1. The molecule has 39 heavy (non-hydrogen) atoms. The van der Waals surface area contributed by atoms with Crippen LogP contribution in [-0.4, -0.2) is 20.4 Å². The summed E-state index contributed by atoms with van der Waals surface area (Å²) in [6, 6.07) is 19.2. The van der Waals surface area contributed by atoms with E-state index in [4.69, 9.17) is 5.73 Å². The largest absolute Gasteiger partial charge is 0.366 e. The van der Waals surface area contributed by atoms with Gasteiger partial charge in [0, 0.05) is 11.1 Å². The van der Waals surface area contributed by atoms with E-state index >= 15 is 0 Å². The van der Waals surface area contributed by atoms with E-state index in [9.17, 15) is 9.59 Å². The average Bonchev–Trinajstić information content (AvgIpc) is 3.39. The minimum atomic E-state index is -0.458. The molecule has 1 aliphatic rings. The van der Waals surface area contributed by atoms with Crippen LogP contribution in [0.4, 0.5) is 0 Å². The lowest BCUT2D eigenvalue weighted by Crippen LogP contribution is -2.19. The van der Waals surface area contributed by atoms with Gasteiger partial charge in [-0.1, -0.05) is 56.2 Å². The molecule has 2 heterocycles. The topological polar surface area (TPSA) is 93.8 Å². The predicted molar refractivity (Wildman–Crippen MR) is 158 cm³/mol. The van der Waals surface area contributed by atoms with Crippen LogP contribution in [0.25, 0.3) is 44.2 Å². The van der Waals surface area contributed by atoms with Crippen molar-refractivity contribution in [3.63, 3.8) is 0 Å². The summed E-state index contributed by atoms with van der Waals surface area (Å²) < 4.78 is 1.61. The molecule has 0 fully saturated rings. The van der Waals surface area contributed by atoms with Gasteiger partial charge in [0.15, 0.2) is 0 Å². The van der Waals surface area contributed by atoms with E-state index in [1.807, 2.05) is 43.3 Å². The van der Waals surface area contributed by atoms with Gasteiger partial charge in [0.25, 0.3) is 11.5 Å². The summed E-state index contributed by atoms with van der Waals surface area (Å²) in [5.74, 6) is 0.290. The second-order valence-electron chi connectivity index (χ2n) is 10.5. The van der Waals surface area contributed by atoms with Gasteiger partial charge in [-0.2, -0.15) is 0 Å². The molecule has 1 amide bonds. The number of aromatic nitrogens is 3. The molecule has 2 aromatic heterocycles. The first kappa shape index (κ1) is 24.9. The standard InChI is InChI=1S/C33H32N4O2/c1-3-7-21-12-14-22(15-13-21)29-18-27-24(16-17-26(32(34)38)31(27)36-29)23-9-6-11-30(20(23)2)37-19-35-28-10-5-4-8-25(28)33(37)39/h4-6,8-11,14,16-19,21,36H,3,7,12-13,15H2,1-2H3,(H2,34,38). The molecule has 0 aliphatic heterocycles. The highest BCUT2D eigenvalue weighted by molar-refractivity contribution is 6.10. The molecule has 5 aromatic rings. The van der Waals surface area contributed by atoms with Crippen molar-refractivity contribution >= 4 is 33.3 Å². The van der Waals surface area contributed by atoms with Crippen LogP contribution in [0.15, 0.2) is 77.9 Å². The Balaban J connectivity index is 1.49. The molecule has 6 nitrogen and oxygen atoms in total. The Morgan fingerprint density at radius 2 is 1.92 bits per heavy atom. The second-order valence-corrected chi connectivity index (χ2v) is 10.5. The van der Waals surface area contributed by atoms with Gasteiger partial charge in [0.1, 0.15) is 6.33 Å². The number of amides is 1. The number of carbonyl (C=O) groups excluding carboxylic acids is 1. The fraction of sp³-hybridized carbons (Fsp3) is 0.242. The van der Waals surface area contributed by atoms with Gasteiger partial charge >= 0.3 is 0 Å². The number of rotatable bonds is 6. The Hall–Kier alpha value is -4.45. The Morgan fingerprint density at radius 1 is 1.08 bits per heavy atom. The van der Waals surface area contributed by atoms with Gasteiger partial charge < -0.3 is 10.7 Å². The van der Waals surface area contributed by atoms with Crippen LogP contribution >= 0.6 is 0 Å². The quantitative estimate of drug-likeness (QED) is 0.256. The Bertz CT molecular complexity index is 1830. The highest BCUT2D eigenvalue weighted by Gasteiger charge is 2.20. The first-order valence-corrected chi connectivity index (χ1v) is 13.7. The summed E-state index contributed by atoms with van der Waals surface area (Å²) in [5, 5.41) is 1.53. The highest BCUT2D eigenvalue weighted by Crippen LogP contribution is 2.38. The molecule has 0 saturated carbocycles. The molecule has 3 aromatic carbocycles. The molecule has 3 N–H and O–H groups in total. The van der Waals surface area contributed by atoms with Gasteiger partial charge in [-0.15, -0.1) is 0 Å². The van der Waals surface area contributed by atoms with Crippen molar-refractivity contribution in [2.24, 2.45) is 11.7 Å². The molecular formula is C33H32N4O2. The predicted octanol–water partition coefficient (Wildman–Crippen LogP) is 6.92. The highest BCUT2D eigenvalue weighted by atomic mass is 16.1. The molecule has 0 saturated heterocycles. The molecule has 1 atom stereocenters. The van der Waals surface area contributed by atoms with E-state index in [-0.39, 0.29) is 5.56 Å². The van der Waals surface area contributed by atoms with Crippen LogP contribution in [0.1, 0.15) is 60.6 Å². The fourth-order valence-corrected chi connectivity index (χ4v) is 6.05. The summed E-state index contributed by atoms with van der Waals surface area (Å²) in [5.41, 5.74) is 13.6. The number of nitrogens with one attached hydrogen (secondary N) is 1. The molecule has 196 valence electrons. The lowest BCUT2D eigenvalue weighted by molar-refractivity contribution is 0.100. The van der Waals surface area contributed by atoms with Crippen molar-refractivity contribution in [1.82, 2.24) is 14.5 Å². The van der Waals surface area contributed by atoms with Crippen LogP contribution < -0.4 is 11.3 Å². The third kappa shape index (κ3) is 4.36. The van der Waals surface area contributed by atoms with Crippen molar-refractivity contribution in [3.05, 3.63) is 100 Å². The van der Waals surface area contributed by atoms with Gasteiger partial charge in [0.05, 0.1) is 27.7 Å². The second kappa shape index (κ2) is 10.0. The number of benzene rings is 3. The normalized spacial score (nSPS) is 15.5. The summed E-state index contributed by atoms with van der Waals surface area (Å²) >= 11 is 0. The molecule has 6 heteroatoms. The summed E-state index contributed by atoms with van der Waals surface area (Å²) in [4.78, 5) is 33.8. The molecule has 0 spiro atoms. The third-order valence-corrected chi connectivity index (χ3v) is 8.14. The van der Waals surface area contributed by atoms with Crippen molar-refractivity contribution < 1.29 is 4.79 Å². The number of nitrogens with zero attached hydrogens (tertiary/aromatic N) is 2. The van der Waals surface area contributed by atoms with Crippen molar-refractivity contribution in [2.75, 3.05) is 0 Å². The summed E-state index contributed by atoms with van der Waals surface area (Å²) in [6.07, 6.45) is 9.71. The zero-order valence-corrected chi connectivity index (χ0v) is 22.3. The molecule has 1 unspecified atom stereocenters. The van der Waals surface area contributed by atoms with Gasteiger partial charge in [-0.05, 0) is 84.7 Å². The fourth-order valence-electron chi connectivity index (χ4n) is 6.05. The minimum absolute atomic E-state index is 0.107. The van der Waals surface area contributed by atoms with E-state index in [2.05, 4.69) is 35.1 Å². The lowest BCUT2D eigenvalue weighted by atomic mass is 9.85. The number of para-hydroxylation sites is 1. The van der Waals surface area contributed by atoms with E-state index in [1.165, 1.54) is 24.8 Å². The minimum Gasteiger partial charge on any atom is -0.366 e. The van der Waals surface area contributed by atoms with E-state index < -0.39 is 5.91 Å². The van der Waals surface area contributed by atoms with Crippen LogP contribution in [0.3, 0.4) is 0 Å². The zero-order valence-electron chi connectivity index (χ0n) is 22.3. The molecular weight excluding hydrogens is 484 g/mol. The maximum atomic E-state index is 13.4. The molecule has 1 aliphatic carbocycles. The summed E-state index contributed by atoms with van der Waals surface area (Å²) in [6.45, 7) is 4.26. The van der Waals surface area contributed by atoms with Crippen molar-refractivity contribution in [2.45, 2.75) is 46.0 Å². The van der Waals surface area contributed by atoms with Crippen LogP contribution in [0.5, 0.6) is 0 Å². The number of hydrogen-bond acceptors (Lipinski definition) is 3. The van der Waals surface area contributed by atoms with Crippen molar-refractivity contribution in [1.29, 1.82) is 0 Å². The van der Waals surface area contributed by atoms with Crippen molar-refractivity contribution in [3.8, 4) is 16.8 Å². The first-order chi connectivity index (χ1) is 19.0. The Labute approximate surface area is 227 Å². The van der Waals surface area contributed by atoms with Gasteiger partial charge in [0.2, 0.25) is 0 Å². The zero-order chi connectivity index (χ0) is 27.1. The number of H-pyrrole nitrogens is 1.